The summed E-state index contributed by atoms with van der Waals surface area (Å²) in [6.07, 6.45) is 4.03. The molecule has 2 heterocycles. The number of pyridine rings is 1. The molecule has 0 fully saturated rings. The molecule has 0 radical (unpaired) electrons. The third-order valence-corrected chi connectivity index (χ3v) is 3.55. The zero-order valence-electron chi connectivity index (χ0n) is 13.7. The van der Waals surface area contributed by atoms with Gasteiger partial charge in [-0.05, 0) is 31.2 Å². The molecule has 1 atom stereocenters. The number of para-hydroxylation sites is 1. The summed E-state index contributed by atoms with van der Waals surface area (Å²) in [6, 6.07) is 13.6. The largest absolute Gasteiger partial charge is 0.353 e. The second-order valence-electron chi connectivity index (χ2n) is 5.64. The van der Waals surface area contributed by atoms with Crippen molar-refractivity contribution in [3.8, 4) is 17.1 Å². The van der Waals surface area contributed by atoms with Gasteiger partial charge >= 0.3 is 0 Å². The second kappa shape index (κ2) is 7.04. The first-order chi connectivity index (χ1) is 11.6. The van der Waals surface area contributed by atoms with E-state index in [0.717, 1.165) is 17.1 Å². The zero-order chi connectivity index (χ0) is 16.9. The highest BCUT2D eigenvalue weighted by Gasteiger charge is 2.16. The Hall–Kier alpha value is -3.02. The van der Waals surface area contributed by atoms with E-state index in [1.165, 1.54) is 6.92 Å². The number of carbonyl (C=O) groups is 1. The maximum Gasteiger partial charge on any atom is 0.217 e. The standard InChI is InChI=1S/C18H19N5O/c1-13(20-14(2)24)12-17-21-18(15-8-10-19-11-9-15)22-23(17)16-6-4-3-5-7-16/h3-11,13H,12H2,1-2H3,(H,20,24)/t13-/m1/s1. The molecule has 0 aliphatic carbocycles. The van der Waals surface area contributed by atoms with E-state index in [0.29, 0.717) is 12.2 Å². The van der Waals surface area contributed by atoms with Crippen LogP contribution >= 0.6 is 0 Å². The molecule has 0 aliphatic rings. The van der Waals surface area contributed by atoms with Gasteiger partial charge in [0, 0.05) is 37.3 Å². The average Bonchev–Trinajstić information content (AvgIpc) is 2.99. The number of hydrogen-bond donors (Lipinski definition) is 1. The van der Waals surface area contributed by atoms with Crippen molar-refractivity contribution >= 4 is 5.91 Å². The minimum absolute atomic E-state index is 0.0283. The molecule has 122 valence electrons. The van der Waals surface area contributed by atoms with Gasteiger partial charge in [0.25, 0.3) is 0 Å². The highest BCUT2D eigenvalue weighted by atomic mass is 16.1. The average molecular weight is 321 g/mol. The number of nitrogens with one attached hydrogen (secondary N) is 1. The van der Waals surface area contributed by atoms with Crippen LogP contribution < -0.4 is 5.32 Å². The van der Waals surface area contributed by atoms with E-state index >= 15 is 0 Å². The van der Waals surface area contributed by atoms with Crippen LogP contribution in [0.4, 0.5) is 0 Å². The molecule has 0 saturated heterocycles. The fraction of sp³-hybridized carbons (Fsp3) is 0.222. The monoisotopic (exact) mass is 321 g/mol. The molecule has 6 nitrogen and oxygen atoms in total. The van der Waals surface area contributed by atoms with Crippen molar-refractivity contribution in [1.29, 1.82) is 0 Å². The van der Waals surface area contributed by atoms with Crippen molar-refractivity contribution in [3.05, 3.63) is 60.7 Å². The first-order valence-corrected chi connectivity index (χ1v) is 7.82. The molecule has 3 aromatic rings. The van der Waals surface area contributed by atoms with Gasteiger partial charge in [-0.25, -0.2) is 9.67 Å². The van der Waals surface area contributed by atoms with Gasteiger partial charge in [0.15, 0.2) is 5.82 Å². The van der Waals surface area contributed by atoms with Gasteiger partial charge in [0.2, 0.25) is 5.91 Å². The quantitative estimate of drug-likeness (QED) is 0.783. The Labute approximate surface area is 140 Å². The maximum absolute atomic E-state index is 11.3. The van der Waals surface area contributed by atoms with Crippen molar-refractivity contribution in [2.24, 2.45) is 0 Å². The van der Waals surface area contributed by atoms with E-state index in [-0.39, 0.29) is 11.9 Å². The van der Waals surface area contributed by atoms with Gasteiger partial charge in [-0.2, -0.15) is 0 Å². The molecule has 1 aromatic carbocycles. The summed E-state index contributed by atoms with van der Waals surface area (Å²) in [5, 5.41) is 7.54. The Balaban J connectivity index is 1.99. The second-order valence-corrected chi connectivity index (χ2v) is 5.64. The highest BCUT2D eigenvalue weighted by Crippen LogP contribution is 2.18. The van der Waals surface area contributed by atoms with E-state index in [1.807, 2.05) is 54.1 Å². The van der Waals surface area contributed by atoms with E-state index in [4.69, 9.17) is 0 Å². The normalized spacial score (nSPS) is 11.9. The number of amides is 1. The lowest BCUT2D eigenvalue weighted by atomic mass is 10.2. The molecule has 6 heteroatoms. The minimum Gasteiger partial charge on any atom is -0.353 e. The Kier molecular flexibility index (Phi) is 4.65. The van der Waals surface area contributed by atoms with E-state index in [2.05, 4.69) is 20.4 Å². The molecule has 0 spiro atoms. The van der Waals surface area contributed by atoms with Crippen LogP contribution in [0.3, 0.4) is 0 Å². The summed E-state index contributed by atoms with van der Waals surface area (Å²) in [6.45, 7) is 3.47. The van der Waals surface area contributed by atoms with Crippen LogP contribution in [0.5, 0.6) is 0 Å². The van der Waals surface area contributed by atoms with Crippen molar-refractivity contribution in [1.82, 2.24) is 25.1 Å². The molecule has 1 N–H and O–H groups in total. The van der Waals surface area contributed by atoms with Crippen molar-refractivity contribution in [3.63, 3.8) is 0 Å². The fourth-order valence-corrected chi connectivity index (χ4v) is 2.55. The van der Waals surface area contributed by atoms with Crippen LogP contribution in [-0.4, -0.2) is 31.7 Å². The highest BCUT2D eigenvalue weighted by molar-refractivity contribution is 5.73. The molecule has 0 bridgehead atoms. The van der Waals surface area contributed by atoms with Crippen LogP contribution in [0.25, 0.3) is 17.1 Å². The van der Waals surface area contributed by atoms with Crippen LogP contribution in [0, 0.1) is 0 Å². The lowest BCUT2D eigenvalue weighted by Crippen LogP contribution is -2.32. The summed E-state index contributed by atoms with van der Waals surface area (Å²) in [7, 11) is 0. The van der Waals surface area contributed by atoms with Gasteiger partial charge in [-0.15, -0.1) is 5.10 Å². The Morgan fingerprint density at radius 3 is 2.54 bits per heavy atom. The summed E-state index contributed by atoms with van der Waals surface area (Å²) < 4.78 is 1.83. The van der Waals surface area contributed by atoms with Crippen molar-refractivity contribution < 1.29 is 4.79 Å². The lowest BCUT2D eigenvalue weighted by Gasteiger charge is -2.12. The van der Waals surface area contributed by atoms with E-state index in [1.54, 1.807) is 12.4 Å². The predicted octanol–water partition coefficient (Wildman–Crippen LogP) is 2.40. The fourth-order valence-electron chi connectivity index (χ4n) is 2.55. The number of benzene rings is 1. The molecule has 24 heavy (non-hydrogen) atoms. The van der Waals surface area contributed by atoms with Gasteiger partial charge in [0.05, 0.1) is 5.69 Å². The Morgan fingerprint density at radius 1 is 1.17 bits per heavy atom. The summed E-state index contributed by atoms with van der Waals surface area (Å²) >= 11 is 0. The van der Waals surface area contributed by atoms with E-state index < -0.39 is 0 Å². The smallest absolute Gasteiger partial charge is 0.217 e. The molecule has 0 unspecified atom stereocenters. The molecule has 3 rings (SSSR count). The zero-order valence-corrected chi connectivity index (χ0v) is 13.7. The minimum atomic E-state index is -0.0531. The van der Waals surface area contributed by atoms with Crippen molar-refractivity contribution in [2.45, 2.75) is 26.3 Å². The van der Waals surface area contributed by atoms with Gasteiger partial charge in [-0.1, -0.05) is 18.2 Å². The van der Waals surface area contributed by atoms with Gasteiger partial charge in [0.1, 0.15) is 5.82 Å². The summed E-state index contributed by atoms with van der Waals surface area (Å²) in [5.74, 6) is 1.39. The third-order valence-electron chi connectivity index (χ3n) is 3.55. The number of hydrogen-bond acceptors (Lipinski definition) is 4. The maximum atomic E-state index is 11.3. The molecular weight excluding hydrogens is 302 g/mol. The first kappa shape index (κ1) is 15.9. The van der Waals surface area contributed by atoms with Gasteiger partial charge in [-0.3, -0.25) is 9.78 Å². The van der Waals surface area contributed by atoms with Crippen LogP contribution in [0.1, 0.15) is 19.7 Å². The first-order valence-electron chi connectivity index (χ1n) is 7.82. The van der Waals surface area contributed by atoms with E-state index in [9.17, 15) is 4.79 Å². The Morgan fingerprint density at radius 2 is 1.88 bits per heavy atom. The topological polar surface area (TPSA) is 72.7 Å². The van der Waals surface area contributed by atoms with Gasteiger partial charge < -0.3 is 5.32 Å². The molecule has 0 aliphatic heterocycles. The number of rotatable bonds is 5. The van der Waals surface area contributed by atoms with Crippen LogP contribution in [0.15, 0.2) is 54.9 Å². The number of carbonyl (C=O) groups excluding carboxylic acids is 1. The number of aromatic nitrogens is 4. The molecule has 0 saturated carbocycles. The predicted molar refractivity (Wildman–Crippen MR) is 91.6 cm³/mol. The molecular formula is C18H19N5O. The lowest BCUT2D eigenvalue weighted by molar-refractivity contribution is -0.119. The molecule has 2 aromatic heterocycles. The summed E-state index contributed by atoms with van der Waals surface area (Å²) in [4.78, 5) is 20.0. The molecule has 1 amide bonds. The summed E-state index contributed by atoms with van der Waals surface area (Å²) in [5.41, 5.74) is 1.85. The van der Waals surface area contributed by atoms with Crippen molar-refractivity contribution in [2.75, 3.05) is 0 Å². The van der Waals surface area contributed by atoms with Crippen LogP contribution in [0.2, 0.25) is 0 Å². The number of nitrogens with zero attached hydrogens (tertiary/aromatic N) is 4. The van der Waals surface area contributed by atoms with Crippen LogP contribution in [-0.2, 0) is 11.2 Å². The Bertz CT molecular complexity index is 814. The SMILES string of the molecule is CC(=O)N[C@H](C)Cc1nc(-c2ccncc2)nn1-c1ccccc1. The third kappa shape index (κ3) is 3.65.